The monoisotopic (exact) mass is 281 g/mol. The first-order chi connectivity index (χ1) is 8.59. The second kappa shape index (κ2) is 5.70. The number of aliphatic hydroxyl groups is 1. The fourth-order valence-electron chi connectivity index (χ4n) is 1.86. The van der Waals surface area contributed by atoms with Crippen LogP contribution in [0.5, 0.6) is 0 Å². The molecule has 2 rings (SSSR count). The van der Waals surface area contributed by atoms with Gasteiger partial charge in [-0.25, -0.2) is 0 Å². The molecular formula is C14H13Cl2NO. The normalized spacial score (nSPS) is 14.2. The summed E-state index contributed by atoms with van der Waals surface area (Å²) in [5, 5.41) is 11.5. The van der Waals surface area contributed by atoms with Gasteiger partial charge in [0.15, 0.2) is 0 Å². The highest BCUT2D eigenvalue weighted by Gasteiger charge is 2.20. The van der Waals surface area contributed by atoms with Crippen molar-refractivity contribution < 1.29 is 5.11 Å². The van der Waals surface area contributed by atoms with Crippen LogP contribution in [0.15, 0.2) is 42.7 Å². The van der Waals surface area contributed by atoms with Crippen molar-refractivity contribution in [2.75, 3.05) is 0 Å². The highest BCUT2D eigenvalue weighted by Crippen LogP contribution is 2.35. The fraction of sp³-hybridized carbons (Fsp3) is 0.214. The van der Waals surface area contributed by atoms with Gasteiger partial charge in [0.1, 0.15) is 0 Å². The molecule has 0 aliphatic heterocycles. The fourth-order valence-corrected chi connectivity index (χ4v) is 2.27. The summed E-state index contributed by atoms with van der Waals surface area (Å²) in [6.45, 7) is 1.94. The van der Waals surface area contributed by atoms with Gasteiger partial charge in [0.25, 0.3) is 0 Å². The molecule has 0 aliphatic rings. The first-order valence-corrected chi connectivity index (χ1v) is 6.38. The van der Waals surface area contributed by atoms with Crippen molar-refractivity contribution >= 4 is 23.2 Å². The molecule has 94 valence electrons. The molecule has 1 N–H and O–H groups in total. The van der Waals surface area contributed by atoms with Crippen LogP contribution in [0, 0.1) is 0 Å². The van der Waals surface area contributed by atoms with Crippen LogP contribution in [0.4, 0.5) is 0 Å². The van der Waals surface area contributed by atoms with E-state index in [1.807, 2.05) is 19.1 Å². The lowest BCUT2D eigenvalue weighted by Gasteiger charge is -2.20. The Labute approximate surface area is 116 Å². The number of hydrogen-bond donors (Lipinski definition) is 1. The van der Waals surface area contributed by atoms with Crippen molar-refractivity contribution in [2.45, 2.75) is 18.9 Å². The van der Waals surface area contributed by atoms with Crippen LogP contribution in [0.3, 0.4) is 0 Å². The van der Waals surface area contributed by atoms with Gasteiger partial charge in [-0.15, -0.1) is 0 Å². The molecular weight excluding hydrogens is 269 g/mol. The van der Waals surface area contributed by atoms with Crippen molar-refractivity contribution in [1.29, 1.82) is 0 Å². The van der Waals surface area contributed by atoms with E-state index >= 15 is 0 Å². The first kappa shape index (κ1) is 13.3. The van der Waals surface area contributed by atoms with E-state index in [4.69, 9.17) is 23.2 Å². The average Bonchev–Trinajstić information content (AvgIpc) is 2.41. The lowest BCUT2D eigenvalue weighted by molar-refractivity contribution is 0.151. The Balaban J connectivity index is 2.31. The number of nitrogens with zero attached hydrogens (tertiary/aromatic N) is 1. The minimum atomic E-state index is -0.696. The second-order valence-electron chi connectivity index (χ2n) is 4.18. The molecule has 2 unspecified atom stereocenters. The van der Waals surface area contributed by atoms with Crippen LogP contribution >= 0.6 is 23.2 Å². The van der Waals surface area contributed by atoms with E-state index in [9.17, 15) is 5.11 Å². The van der Waals surface area contributed by atoms with Gasteiger partial charge in [0.05, 0.1) is 6.10 Å². The number of aliphatic hydroxyl groups excluding tert-OH is 1. The van der Waals surface area contributed by atoms with E-state index in [1.165, 1.54) is 0 Å². The van der Waals surface area contributed by atoms with Crippen LogP contribution in [0.25, 0.3) is 0 Å². The minimum absolute atomic E-state index is 0.0797. The zero-order valence-electron chi connectivity index (χ0n) is 9.85. The Bertz CT molecular complexity index is 531. The number of aromatic nitrogens is 1. The molecule has 0 saturated heterocycles. The Morgan fingerprint density at radius 3 is 2.44 bits per heavy atom. The molecule has 1 heterocycles. The van der Waals surface area contributed by atoms with Crippen molar-refractivity contribution in [3.05, 3.63) is 63.9 Å². The predicted octanol–water partition coefficient (Wildman–Crippen LogP) is 4.23. The number of pyridine rings is 1. The summed E-state index contributed by atoms with van der Waals surface area (Å²) in [6, 6.07) is 8.86. The predicted molar refractivity (Wildman–Crippen MR) is 74.1 cm³/mol. The highest BCUT2D eigenvalue weighted by atomic mass is 35.5. The molecule has 0 radical (unpaired) electrons. The molecule has 2 nitrogen and oxygen atoms in total. The SMILES string of the molecule is CC(c1ccncc1)C(O)c1cc(Cl)ccc1Cl. The Kier molecular flexibility index (Phi) is 4.23. The van der Waals surface area contributed by atoms with Gasteiger partial charge in [-0.05, 0) is 35.9 Å². The Hall–Kier alpha value is -1.09. The average molecular weight is 282 g/mol. The van der Waals surface area contributed by atoms with Crippen LogP contribution in [-0.2, 0) is 0 Å². The molecule has 0 bridgehead atoms. The summed E-state index contributed by atoms with van der Waals surface area (Å²) in [6.07, 6.45) is 2.72. The maximum Gasteiger partial charge on any atom is 0.0870 e. The van der Waals surface area contributed by atoms with Crippen LogP contribution in [0.2, 0.25) is 10.0 Å². The summed E-state index contributed by atoms with van der Waals surface area (Å²) in [4.78, 5) is 3.96. The number of halogens is 2. The van der Waals surface area contributed by atoms with E-state index in [2.05, 4.69) is 4.98 Å². The van der Waals surface area contributed by atoms with Crippen molar-refractivity contribution in [2.24, 2.45) is 0 Å². The summed E-state index contributed by atoms with van der Waals surface area (Å²) in [7, 11) is 0. The van der Waals surface area contributed by atoms with E-state index in [0.717, 1.165) is 5.56 Å². The molecule has 18 heavy (non-hydrogen) atoms. The van der Waals surface area contributed by atoms with Gasteiger partial charge >= 0.3 is 0 Å². The van der Waals surface area contributed by atoms with Crippen molar-refractivity contribution in [3.63, 3.8) is 0 Å². The maximum absolute atomic E-state index is 10.4. The van der Waals surface area contributed by atoms with Crippen LogP contribution in [0.1, 0.15) is 30.1 Å². The zero-order chi connectivity index (χ0) is 13.1. The quantitative estimate of drug-likeness (QED) is 0.914. The molecule has 1 aromatic heterocycles. The number of hydrogen-bond acceptors (Lipinski definition) is 2. The summed E-state index contributed by atoms with van der Waals surface area (Å²) in [5.41, 5.74) is 1.65. The lowest BCUT2D eigenvalue weighted by atomic mass is 9.91. The molecule has 0 spiro atoms. The molecule has 0 saturated carbocycles. The van der Waals surface area contributed by atoms with Crippen LogP contribution < -0.4 is 0 Å². The molecule has 0 aliphatic carbocycles. The van der Waals surface area contributed by atoms with Gasteiger partial charge in [-0.2, -0.15) is 0 Å². The molecule has 0 fully saturated rings. The first-order valence-electron chi connectivity index (χ1n) is 5.62. The Morgan fingerprint density at radius 2 is 1.78 bits per heavy atom. The van der Waals surface area contributed by atoms with E-state index in [1.54, 1.807) is 30.6 Å². The molecule has 1 aromatic carbocycles. The largest absolute Gasteiger partial charge is 0.388 e. The number of rotatable bonds is 3. The van der Waals surface area contributed by atoms with Crippen molar-refractivity contribution in [1.82, 2.24) is 4.98 Å². The van der Waals surface area contributed by atoms with Crippen molar-refractivity contribution in [3.8, 4) is 0 Å². The van der Waals surface area contributed by atoms with Gasteiger partial charge in [-0.1, -0.05) is 30.1 Å². The van der Waals surface area contributed by atoms with E-state index < -0.39 is 6.10 Å². The zero-order valence-corrected chi connectivity index (χ0v) is 11.4. The van der Waals surface area contributed by atoms with Gasteiger partial charge in [0.2, 0.25) is 0 Å². The summed E-state index contributed by atoms with van der Waals surface area (Å²) < 4.78 is 0. The van der Waals surface area contributed by atoms with E-state index in [0.29, 0.717) is 15.6 Å². The summed E-state index contributed by atoms with van der Waals surface area (Å²) >= 11 is 12.0. The minimum Gasteiger partial charge on any atom is -0.388 e. The third-order valence-electron chi connectivity index (χ3n) is 2.98. The topological polar surface area (TPSA) is 33.1 Å². The van der Waals surface area contributed by atoms with Crippen LogP contribution in [-0.4, -0.2) is 10.1 Å². The molecule has 0 amide bonds. The third kappa shape index (κ3) is 2.83. The summed E-state index contributed by atoms with van der Waals surface area (Å²) in [5.74, 6) is -0.0797. The van der Waals surface area contributed by atoms with Gasteiger partial charge < -0.3 is 5.11 Å². The lowest BCUT2D eigenvalue weighted by Crippen LogP contribution is -2.08. The molecule has 2 aromatic rings. The smallest absolute Gasteiger partial charge is 0.0870 e. The van der Waals surface area contributed by atoms with Gasteiger partial charge in [0, 0.05) is 33.9 Å². The standard InChI is InChI=1S/C14H13Cl2NO/c1-9(10-4-6-17-7-5-10)14(18)12-8-11(15)2-3-13(12)16/h2-9,14,18H,1H3. The molecule has 2 atom stereocenters. The maximum atomic E-state index is 10.4. The highest BCUT2D eigenvalue weighted by molar-refractivity contribution is 6.33. The molecule has 4 heteroatoms. The Morgan fingerprint density at radius 1 is 1.11 bits per heavy atom. The third-order valence-corrected chi connectivity index (χ3v) is 3.56. The van der Waals surface area contributed by atoms with E-state index in [-0.39, 0.29) is 5.92 Å². The number of benzene rings is 1. The van der Waals surface area contributed by atoms with Gasteiger partial charge in [-0.3, -0.25) is 4.98 Å². The second-order valence-corrected chi connectivity index (χ2v) is 5.02.